The Morgan fingerprint density at radius 3 is 2.88 bits per heavy atom. The van der Waals surface area contributed by atoms with Gasteiger partial charge in [0.2, 0.25) is 5.91 Å². The molecule has 0 bridgehead atoms. The number of rotatable bonds is 7. The molecular formula is C19H23N5O2. The summed E-state index contributed by atoms with van der Waals surface area (Å²) >= 11 is 0. The molecule has 136 valence electrons. The Bertz CT molecular complexity index is 947. The van der Waals surface area contributed by atoms with Crippen LogP contribution in [0.2, 0.25) is 0 Å². The van der Waals surface area contributed by atoms with Crippen molar-refractivity contribution in [2.75, 3.05) is 6.54 Å². The third kappa shape index (κ3) is 4.17. The van der Waals surface area contributed by atoms with E-state index in [9.17, 15) is 9.59 Å². The zero-order valence-corrected chi connectivity index (χ0v) is 15.1. The summed E-state index contributed by atoms with van der Waals surface area (Å²) in [7, 11) is 0. The predicted octanol–water partition coefficient (Wildman–Crippen LogP) is 1.88. The number of carbonyl (C=O) groups is 1. The van der Waals surface area contributed by atoms with Gasteiger partial charge in [-0.05, 0) is 38.3 Å². The molecule has 7 nitrogen and oxygen atoms in total. The average Bonchev–Trinajstić information content (AvgIpc) is 3.01. The number of benzene rings is 1. The number of nitrogens with zero attached hydrogens (tertiary/aromatic N) is 3. The fourth-order valence-corrected chi connectivity index (χ4v) is 3.11. The summed E-state index contributed by atoms with van der Waals surface area (Å²) in [6.45, 7) is 4.99. The molecule has 0 fully saturated rings. The monoisotopic (exact) mass is 353 g/mol. The molecule has 2 heterocycles. The predicted molar refractivity (Wildman–Crippen MR) is 100 cm³/mol. The van der Waals surface area contributed by atoms with Crippen LogP contribution in [-0.4, -0.2) is 32.2 Å². The zero-order chi connectivity index (χ0) is 18.5. The van der Waals surface area contributed by atoms with Crippen molar-refractivity contribution in [1.82, 2.24) is 25.1 Å². The van der Waals surface area contributed by atoms with Crippen LogP contribution < -0.4 is 11.0 Å². The van der Waals surface area contributed by atoms with Crippen LogP contribution in [0.3, 0.4) is 0 Å². The molecule has 0 unspecified atom stereocenters. The molecule has 3 rings (SSSR count). The van der Waals surface area contributed by atoms with Crippen LogP contribution in [0.1, 0.15) is 29.8 Å². The van der Waals surface area contributed by atoms with Gasteiger partial charge in [0.25, 0.3) is 0 Å². The first-order valence-corrected chi connectivity index (χ1v) is 8.78. The molecular weight excluding hydrogens is 330 g/mol. The van der Waals surface area contributed by atoms with Crippen molar-refractivity contribution < 1.29 is 4.79 Å². The lowest BCUT2D eigenvalue weighted by Crippen LogP contribution is -2.26. The molecule has 0 aliphatic heterocycles. The van der Waals surface area contributed by atoms with Crippen LogP contribution in [0.25, 0.3) is 10.9 Å². The summed E-state index contributed by atoms with van der Waals surface area (Å²) in [5.74, 6) is 0.000299. The number of H-pyrrole nitrogens is 1. The van der Waals surface area contributed by atoms with Crippen molar-refractivity contribution in [2.24, 2.45) is 0 Å². The summed E-state index contributed by atoms with van der Waals surface area (Å²) in [6, 6.07) is 8.08. The Morgan fingerprint density at radius 2 is 2.08 bits per heavy atom. The second kappa shape index (κ2) is 7.95. The Hall–Kier alpha value is -2.96. The first kappa shape index (κ1) is 17.8. The van der Waals surface area contributed by atoms with Crippen LogP contribution in [0, 0.1) is 13.8 Å². The van der Waals surface area contributed by atoms with E-state index in [1.165, 1.54) is 0 Å². The maximum absolute atomic E-state index is 12.1. The van der Waals surface area contributed by atoms with E-state index >= 15 is 0 Å². The van der Waals surface area contributed by atoms with Crippen LogP contribution in [0.15, 0.2) is 35.3 Å². The van der Waals surface area contributed by atoms with Crippen LogP contribution in [0.4, 0.5) is 0 Å². The highest BCUT2D eigenvalue weighted by Gasteiger charge is 2.09. The quantitative estimate of drug-likeness (QED) is 0.634. The van der Waals surface area contributed by atoms with Crippen molar-refractivity contribution in [1.29, 1.82) is 0 Å². The Balaban J connectivity index is 1.44. The van der Waals surface area contributed by atoms with E-state index in [0.717, 1.165) is 35.1 Å². The highest BCUT2D eigenvalue weighted by Crippen LogP contribution is 2.13. The van der Waals surface area contributed by atoms with E-state index < -0.39 is 0 Å². The molecule has 1 amide bonds. The van der Waals surface area contributed by atoms with Crippen LogP contribution >= 0.6 is 0 Å². The van der Waals surface area contributed by atoms with Gasteiger partial charge in [-0.25, -0.2) is 4.79 Å². The van der Waals surface area contributed by atoms with Crippen molar-refractivity contribution >= 4 is 16.8 Å². The molecule has 0 radical (unpaired) electrons. The smallest absolute Gasteiger partial charge is 0.345 e. The topological polar surface area (TPSA) is 92.7 Å². The van der Waals surface area contributed by atoms with Gasteiger partial charge < -0.3 is 10.3 Å². The van der Waals surface area contributed by atoms with Gasteiger partial charge in [-0.15, -0.1) is 0 Å². The minimum atomic E-state index is -0.348. The van der Waals surface area contributed by atoms with E-state index in [-0.39, 0.29) is 11.6 Å². The molecule has 0 saturated heterocycles. The van der Waals surface area contributed by atoms with Crippen molar-refractivity contribution in [2.45, 2.75) is 39.7 Å². The molecule has 2 N–H and O–H groups in total. The minimum absolute atomic E-state index is 0.000299. The number of hydrogen-bond donors (Lipinski definition) is 2. The SMILES string of the molecule is Cc1nc(=O)[nH]c(C)c1CCC(=O)NCCCn1ncc2ccccc21. The van der Waals surface area contributed by atoms with E-state index in [2.05, 4.69) is 20.4 Å². The standard InChI is InChI=1S/C19H23N5O2/c1-13-16(14(2)23-19(26)22-13)8-9-18(25)20-10-5-11-24-17-7-4-3-6-15(17)12-21-24/h3-4,6-7,12H,5,8-11H2,1-2H3,(H,20,25)(H,22,23,26). The summed E-state index contributed by atoms with van der Waals surface area (Å²) in [6.07, 6.45) is 3.61. The number of nitrogens with one attached hydrogen (secondary N) is 2. The first-order chi connectivity index (χ1) is 12.5. The fourth-order valence-electron chi connectivity index (χ4n) is 3.11. The largest absolute Gasteiger partial charge is 0.356 e. The first-order valence-electron chi connectivity index (χ1n) is 8.78. The summed E-state index contributed by atoms with van der Waals surface area (Å²) in [5.41, 5.74) is 3.16. The molecule has 26 heavy (non-hydrogen) atoms. The van der Waals surface area contributed by atoms with Gasteiger partial charge in [-0.3, -0.25) is 9.48 Å². The molecule has 0 atom stereocenters. The fraction of sp³-hybridized carbons (Fsp3) is 0.368. The molecule has 0 aliphatic rings. The molecule has 0 aliphatic carbocycles. The lowest BCUT2D eigenvalue weighted by atomic mass is 10.1. The number of fused-ring (bicyclic) bond motifs is 1. The number of para-hydroxylation sites is 1. The second-order valence-electron chi connectivity index (χ2n) is 6.36. The highest BCUT2D eigenvalue weighted by atomic mass is 16.1. The average molecular weight is 353 g/mol. The van der Waals surface area contributed by atoms with Gasteiger partial charge in [0.1, 0.15) is 0 Å². The van der Waals surface area contributed by atoms with Crippen LogP contribution in [0.5, 0.6) is 0 Å². The number of aromatic nitrogens is 4. The van der Waals surface area contributed by atoms with Crippen molar-refractivity contribution in [3.63, 3.8) is 0 Å². The Labute approximate surface area is 151 Å². The van der Waals surface area contributed by atoms with Gasteiger partial charge in [0, 0.05) is 36.3 Å². The van der Waals surface area contributed by atoms with E-state index in [1.54, 1.807) is 6.92 Å². The van der Waals surface area contributed by atoms with E-state index in [4.69, 9.17) is 0 Å². The second-order valence-corrected chi connectivity index (χ2v) is 6.36. The van der Waals surface area contributed by atoms with Crippen molar-refractivity contribution in [3.05, 3.63) is 57.9 Å². The van der Waals surface area contributed by atoms with Gasteiger partial charge in [0.15, 0.2) is 0 Å². The van der Waals surface area contributed by atoms with E-state index in [1.807, 2.05) is 42.1 Å². The minimum Gasteiger partial charge on any atom is -0.356 e. The molecule has 0 saturated carbocycles. The normalized spacial score (nSPS) is 11.0. The summed E-state index contributed by atoms with van der Waals surface area (Å²) < 4.78 is 1.96. The third-order valence-electron chi connectivity index (χ3n) is 4.48. The van der Waals surface area contributed by atoms with Gasteiger partial charge in [0.05, 0.1) is 11.7 Å². The summed E-state index contributed by atoms with van der Waals surface area (Å²) in [5, 5.41) is 8.45. The Kier molecular flexibility index (Phi) is 5.46. The zero-order valence-electron chi connectivity index (χ0n) is 15.1. The molecule has 2 aromatic heterocycles. The third-order valence-corrected chi connectivity index (χ3v) is 4.48. The molecule has 1 aromatic carbocycles. The maximum atomic E-state index is 12.1. The van der Waals surface area contributed by atoms with Crippen LogP contribution in [-0.2, 0) is 17.8 Å². The lowest BCUT2D eigenvalue weighted by molar-refractivity contribution is -0.121. The van der Waals surface area contributed by atoms with Gasteiger partial charge >= 0.3 is 5.69 Å². The lowest BCUT2D eigenvalue weighted by Gasteiger charge is -2.09. The number of aromatic amines is 1. The maximum Gasteiger partial charge on any atom is 0.345 e. The number of aryl methyl sites for hydroxylation is 3. The van der Waals surface area contributed by atoms with Gasteiger partial charge in [-0.1, -0.05) is 18.2 Å². The number of hydrogen-bond acceptors (Lipinski definition) is 4. The van der Waals surface area contributed by atoms with Gasteiger partial charge in [-0.2, -0.15) is 10.1 Å². The van der Waals surface area contributed by atoms with E-state index in [0.29, 0.717) is 25.1 Å². The molecule has 0 spiro atoms. The highest BCUT2D eigenvalue weighted by molar-refractivity contribution is 5.78. The molecule has 7 heteroatoms. The Morgan fingerprint density at radius 1 is 1.27 bits per heavy atom. The summed E-state index contributed by atoms with van der Waals surface area (Å²) in [4.78, 5) is 29.9. The van der Waals surface area contributed by atoms with Crippen molar-refractivity contribution in [3.8, 4) is 0 Å². The molecule has 3 aromatic rings. The number of carbonyl (C=O) groups excluding carboxylic acids is 1. The number of amides is 1.